The standard InChI is InChI=1S/C11H20N2O2S2/c1-4-13(5-2)17(14,15)12-10(3)9-11-7-6-8-16-11/h6-8,10,12H,4-5,9H2,1-3H3. The van der Waals surface area contributed by atoms with Crippen LogP contribution in [0.2, 0.25) is 0 Å². The fourth-order valence-corrected chi connectivity index (χ4v) is 3.92. The zero-order valence-corrected chi connectivity index (χ0v) is 12.1. The summed E-state index contributed by atoms with van der Waals surface area (Å²) in [6.07, 6.45) is 0.734. The lowest BCUT2D eigenvalue weighted by molar-refractivity contribution is 0.427. The molecule has 1 unspecified atom stereocenters. The number of thiophene rings is 1. The molecule has 1 aromatic heterocycles. The van der Waals surface area contributed by atoms with E-state index in [2.05, 4.69) is 4.72 Å². The predicted octanol–water partition coefficient (Wildman–Crippen LogP) is 1.86. The normalized spacial score (nSPS) is 14.1. The summed E-state index contributed by atoms with van der Waals surface area (Å²) in [5, 5.41) is 2.00. The van der Waals surface area contributed by atoms with E-state index in [-0.39, 0.29) is 6.04 Å². The van der Waals surface area contributed by atoms with Crippen molar-refractivity contribution in [3.05, 3.63) is 22.4 Å². The number of rotatable bonds is 7. The van der Waals surface area contributed by atoms with Crippen molar-refractivity contribution in [3.8, 4) is 0 Å². The van der Waals surface area contributed by atoms with Crippen LogP contribution in [0.1, 0.15) is 25.6 Å². The molecule has 0 amide bonds. The van der Waals surface area contributed by atoms with Crippen LogP contribution in [-0.4, -0.2) is 31.9 Å². The molecule has 0 aliphatic carbocycles. The highest BCUT2D eigenvalue weighted by molar-refractivity contribution is 7.87. The van der Waals surface area contributed by atoms with Crippen LogP contribution in [0.15, 0.2) is 17.5 Å². The van der Waals surface area contributed by atoms with Gasteiger partial charge in [0.05, 0.1) is 0 Å². The van der Waals surface area contributed by atoms with Crippen molar-refractivity contribution in [2.45, 2.75) is 33.2 Å². The molecular formula is C11H20N2O2S2. The van der Waals surface area contributed by atoms with E-state index in [0.717, 1.165) is 6.42 Å². The third-order valence-corrected chi connectivity index (χ3v) is 5.28. The minimum atomic E-state index is -3.34. The Balaban J connectivity index is 2.58. The quantitative estimate of drug-likeness (QED) is 0.826. The van der Waals surface area contributed by atoms with Gasteiger partial charge in [0.2, 0.25) is 0 Å². The minimum Gasteiger partial charge on any atom is -0.199 e. The smallest absolute Gasteiger partial charge is 0.199 e. The molecule has 1 rings (SSSR count). The van der Waals surface area contributed by atoms with E-state index in [0.29, 0.717) is 13.1 Å². The first-order valence-electron chi connectivity index (χ1n) is 5.79. The Kier molecular flexibility index (Phi) is 5.58. The van der Waals surface area contributed by atoms with Gasteiger partial charge in [-0.15, -0.1) is 11.3 Å². The van der Waals surface area contributed by atoms with Crippen LogP contribution in [0.4, 0.5) is 0 Å². The lowest BCUT2D eigenvalue weighted by Crippen LogP contribution is -2.44. The van der Waals surface area contributed by atoms with Crippen molar-refractivity contribution >= 4 is 21.5 Å². The van der Waals surface area contributed by atoms with Crippen LogP contribution in [0.5, 0.6) is 0 Å². The van der Waals surface area contributed by atoms with Gasteiger partial charge in [0.25, 0.3) is 10.2 Å². The van der Waals surface area contributed by atoms with Gasteiger partial charge in [0.15, 0.2) is 0 Å². The van der Waals surface area contributed by atoms with Crippen LogP contribution >= 0.6 is 11.3 Å². The molecule has 4 nitrogen and oxygen atoms in total. The third-order valence-electron chi connectivity index (χ3n) is 2.48. The molecule has 0 bridgehead atoms. The van der Waals surface area contributed by atoms with Gasteiger partial charge in [-0.2, -0.15) is 17.4 Å². The maximum atomic E-state index is 11.9. The summed E-state index contributed by atoms with van der Waals surface area (Å²) >= 11 is 1.65. The number of nitrogens with one attached hydrogen (secondary N) is 1. The monoisotopic (exact) mass is 276 g/mol. The summed E-state index contributed by atoms with van der Waals surface area (Å²) in [5.41, 5.74) is 0. The maximum absolute atomic E-state index is 11.9. The largest absolute Gasteiger partial charge is 0.279 e. The highest BCUT2D eigenvalue weighted by Crippen LogP contribution is 2.11. The van der Waals surface area contributed by atoms with Gasteiger partial charge in [0, 0.05) is 24.0 Å². The maximum Gasteiger partial charge on any atom is 0.279 e. The van der Waals surface area contributed by atoms with Gasteiger partial charge in [-0.25, -0.2) is 0 Å². The molecule has 0 aliphatic rings. The fourth-order valence-electron chi connectivity index (χ4n) is 1.66. The first-order chi connectivity index (χ1) is 7.99. The number of nitrogens with zero attached hydrogens (tertiary/aromatic N) is 1. The van der Waals surface area contributed by atoms with Crippen molar-refractivity contribution in [1.29, 1.82) is 0 Å². The molecule has 0 radical (unpaired) electrons. The summed E-state index contributed by atoms with van der Waals surface area (Å²) in [4.78, 5) is 1.19. The molecule has 0 saturated carbocycles. The zero-order chi connectivity index (χ0) is 12.9. The van der Waals surface area contributed by atoms with Crippen LogP contribution in [0.3, 0.4) is 0 Å². The van der Waals surface area contributed by atoms with E-state index < -0.39 is 10.2 Å². The highest BCUT2D eigenvalue weighted by atomic mass is 32.2. The summed E-state index contributed by atoms with van der Waals surface area (Å²) in [6, 6.07) is 3.91. The lowest BCUT2D eigenvalue weighted by Gasteiger charge is -2.21. The molecule has 0 spiro atoms. The first kappa shape index (κ1) is 14.6. The highest BCUT2D eigenvalue weighted by Gasteiger charge is 2.20. The van der Waals surface area contributed by atoms with Crippen molar-refractivity contribution in [3.63, 3.8) is 0 Å². The molecule has 1 aromatic rings. The molecule has 1 N–H and O–H groups in total. The molecule has 0 aliphatic heterocycles. The van der Waals surface area contributed by atoms with Crippen molar-refractivity contribution < 1.29 is 8.42 Å². The zero-order valence-electron chi connectivity index (χ0n) is 10.5. The molecule has 0 aromatic carbocycles. The fraction of sp³-hybridized carbons (Fsp3) is 0.636. The Bertz CT molecular complexity index is 411. The van der Waals surface area contributed by atoms with E-state index in [1.54, 1.807) is 11.3 Å². The van der Waals surface area contributed by atoms with E-state index in [1.807, 2.05) is 38.3 Å². The van der Waals surface area contributed by atoms with E-state index >= 15 is 0 Å². The molecular weight excluding hydrogens is 256 g/mol. The van der Waals surface area contributed by atoms with Crippen LogP contribution in [-0.2, 0) is 16.6 Å². The second kappa shape index (κ2) is 6.49. The molecule has 1 heterocycles. The summed E-state index contributed by atoms with van der Waals surface area (Å²) in [6.45, 7) is 6.56. The molecule has 6 heteroatoms. The predicted molar refractivity (Wildman–Crippen MR) is 72.5 cm³/mol. The Hall–Kier alpha value is -0.430. The third kappa shape index (κ3) is 4.39. The summed E-state index contributed by atoms with van der Waals surface area (Å²) in [5.74, 6) is 0. The van der Waals surface area contributed by atoms with Gasteiger partial charge >= 0.3 is 0 Å². The summed E-state index contributed by atoms with van der Waals surface area (Å²) < 4.78 is 28.0. The molecule has 0 saturated heterocycles. The average Bonchev–Trinajstić information content (AvgIpc) is 2.70. The second-order valence-electron chi connectivity index (χ2n) is 3.89. The van der Waals surface area contributed by atoms with E-state index in [1.165, 1.54) is 9.18 Å². The Labute approximate surface area is 108 Å². The number of hydrogen-bond acceptors (Lipinski definition) is 3. The Morgan fingerprint density at radius 3 is 2.53 bits per heavy atom. The van der Waals surface area contributed by atoms with E-state index in [9.17, 15) is 8.42 Å². The first-order valence-corrected chi connectivity index (χ1v) is 8.11. The minimum absolute atomic E-state index is 0.0840. The second-order valence-corrected chi connectivity index (χ2v) is 6.63. The number of hydrogen-bond donors (Lipinski definition) is 1. The van der Waals surface area contributed by atoms with Crippen molar-refractivity contribution in [2.24, 2.45) is 0 Å². The molecule has 1 atom stereocenters. The molecule has 0 fully saturated rings. The van der Waals surface area contributed by atoms with Crippen LogP contribution in [0.25, 0.3) is 0 Å². The average molecular weight is 276 g/mol. The van der Waals surface area contributed by atoms with Crippen LogP contribution < -0.4 is 4.72 Å². The van der Waals surface area contributed by atoms with Gasteiger partial charge in [-0.05, 0) is 24.8 Å². The van der Waals surface area contributed by atoms with Gasteiger partial charge in [-0.1, -0.05) is 19.9 Å². The summed E-state index contributed by atoms with van der Waals surface area (Å²) in [7, 11) is -3.34. The SMILES string of the molecule is CCN(CC)S(=O)(=O)NC(C)Cc1cccs1. The van der Waals surface area contributed by atoms with Gasteiger partial charge in [0.1, 0.15) is 0 Å². The Morgan fingerprint density at radius 1 is 1.41 bits per heavy atom. The van der Waals surface area contributed by atoms with Crippen molar-refractivity contribution in [1.82, 2.24) is 9.03 Å². The van der Waals surface area contributed by atoms with Gasteiger partial charge in [-0.3, -0.25) is 0 Å². The van der Waals surface area contributed by atoms with Crippen molar-refractivity contribution in [2.75, 3.05) is 13.1 Å². The topological polar surface area (TPSA) is 49.4 Å². The molecule has 98 valence electrons. The van der Waals surface area contributed by atoms with Gasteiger partial charge < -0.3 is 0 Å². The lowest BCUT2D eigenvalue weighted by atomic mass is 10.2. The Morgan fingerprint density at radius 2 is 2.06 bits per heavy atom. The molecule has 17 heavy (non-hydrogen) atoms. The van der Waals surface area contributed by atoms with Crippen LogP contribution in [0, 0.1) is 0 Å². The van der Waals surface area contributed by atoms with E-state index in [4.69, 9.17) is 0 Å².